The van der Waals surface area contributed by atoms with Gasteiger partial charge in [0.15, 0.2) is 17.2 Å². The van der Waals surface area contributed by atoms with Crippen molar-refractivity contribution < 1.29 is 19.0 Å². The predicted molar refractivity (Wildman–Crippen MR) is 117 cm³/mol. The molecule has 1 amide bonds. The summed E-state index contributed by atoms with van der Waals surface area (Å²) in [6, 6.07) is 4.55. The molecule has 170 valence electrons. The van der Waals surface area contributed by atoms with E-state index in [1.807, 2.05) is 30.7 Å². The van der Waals surface area contributed by atoms with Gasteiger partial charge in [0.1, 0.15) is 5.75 Å². The van der Waals surface area contributed by atoms with Crippen molar-refractivity contribution in [3.63, 3.8) is 0 Å². The number of nitrogens with zero attached hydrogens (tertiary/aromatic N) is 3. The van der Waals surface area contributed by atoms with E-state index in [1.165, 1.54) is 0 Å². The van der Waals surface area contributed by atoms with Gasteiger partial charge < -0.3 is 24.8 Å². The van der Waals surface area contributed by atoms with E-state index >= 15 is 0 Å². The molecule has 1 aliphatic rings. The minimum Gasteiger partial charge on any atom is -0.496 e. The first kappa shape index (κ1) is 22.9. The molecule has 3 rings (SSSR count). The molecular formula is C22H33N5O4. The van der Waals surface area contributed by atoms with Crippen LogP contribution >= 0.6 is 0 Å². The number of carbonyl (C=O) groups is 1. The second kappa shape index (κ2) is 10.5. The molecule has 1 aliphatic carbocycles. The summed E-state index contributed by atoms with van der Waals surface area (Å²) in [6.45, 7) is 4.53. The molecule has 2 N–H and O–H groups in total. The van der Waals surface area contributed by atoms with Gasteiger partial charge in [-0.05, 0) is 45.6 Å². The zero-order chi connectivity index (χ0) is 22.4. The van der Waals surface area contributed by atoms with Gasteiger partial charge in [-0.15, -0.1) is 5.10 Å². The maximum absolute atomic E-state index is 12.1. The van der Waals surface area contributed by atoms with E-state index in [-0.39, 0.29) is 18.0 Å². The smallest absolute Gasteiger partial charge is 0.273 e. The zero-order valence-corrected chi connectivity index (χ0v) is 19.0. The Morgan fingerprint density at radius 3 is 2.32 bits per heavy atom. The van der Waals surface area contributed by atoms with Crippen LogP contribution in [0.15, 0.2) is 18.3 Å². The second-order valence-electron chi connectivity index (χ2n) is 8.12. The minimum absolute atomic E-state index is 0.0726. The highest BCUT2D eigenvalue weighted by molar-refractivity contribution is 5.91. The van der Waals surface area contributed by atoms with Crippen LogP contribution in [0.4, 0.5) is 0 Å². The predicted octanol–water partition coefficient (Wildman–Crippen LogP) is 2.72. The molecule has 0 saturated heterocycles. The maximum atomic E-state index is 12.1. The molecule has 0 bridgehead atoms. The molecule has 31 heavy (non-hydrogen) atoms. The number of aromatic nitrogens is 3. The molecule has 1 heterocycles. The van der Waals surface area contributed by atoms with E-state index in [0.717, 1.165) is 37.0 Å². The van der Waals surface area contributed by atoms with E-state index in [9.17, 15) is 4.79 Å². The molecule has 0 aliphatic heterocycles. The Morgan fingerprint density at radius 2 is 1.71 bits per heavy atom. The van der Waals surface area contributed by atoms with Gasteiger partial charge in [0.05, 0.1) is 33.6 Å². The van der Waals surface area contributed by atoms with Crippen LogP contribution in [0.3, 0.4) is 0 Å². The van der Waals surface area contributed by atoms with E-state index in [1.54, 1.807) is 27.5 Å². The molecule has 0 unspecified atom stereocenters. The lowest BCUT2D eigenvalue weighted by atomic mass is 9.91. The van der Waals surface area contributed by atoms with Gasteiger partial charge in [-0.1, -0.05) is 5.21 Å². The molecule has 1 saturated carbocycles. The Kier molecular flexibility index (Phi) is 7.73. The van der Waals surface area contributed by atoms with Crippen LogP contribution in [0.25, 0.3) is 0 Å². The van der Waals surface area contributed by atoms with E-state index in [4.69, 9.17) is 14.2 Å². The summed E-state index contributed by atoms with van der Waals surface area (Å²) in [5, 5.41) is 14.7. The molecule has 0 spiro atoms. The van der Waals surface area contributed by atoms with Crippen molar-refractivity contribution in [2.75, 3.05) is 21.3 Å². The SMILES string of the molecule is COc1cc(OC)c(OC)cc1CNC1CCC(n2cc(C(=O)NC(C)C)nn2)CC1. The molecule has 2 aromatic rings. The zero-order valence-electron chi connectivity index (χ0n) is 19.0. The lowest BCUT2D eigenvalue weighted by Crippen LogP contribution is -2.33. The monoisotopic (exact) mass is 431 g/mol. The third-order valence-corrected chi connectivity index (χ3v) is 5.60. The Labute approximate surface area is 183 Å². The average Bonchev–Trinajstić information content (AvgIpc) is 3.27. The van der Waals surface area contributed by atoms with Crippen molar-refractivity contribution >= 4 is 5.91 Å². The van der Waals surface area contributed by atoms with Crippen LogP contribution in [0.5, 0.6) is 17.2 Å². The quantitative estimate of drug-likeness (QED) is 0.630. The number of nitrogens with one attached hydrogen (secondary N) is 2. The number of hydrogen-bond donors (Lipinski definition) is 2. The van der Waals surface area contributed by atoms with Gasteiger partial charge in [-0.25, -0.2) is 4.68 Å². The number of amides is 1. The standard InChI is InChI=1S/C22H33N5O4/c1-14(2)24-22(28)18-13-27(26-25-18)17-8-6-16(7-9-17)23-12-15-10-20(30-4)21(31-5)11-19(15)29-3/h10-11,13-14,16-17,23H,6-9,12H2,1-5H3,(H,24,28). The molecule has 1 fully saturated rings. The van der Waals surface area contributed by atoms with Gasteiger partial charge in [-0.2, -0.15) is 0 Å². The summed E-state index contributed by atoms with van der Waals surface area (Å²) >= 11 is 0. The molecule has 1 aromatic carbocycles. The normalized spacial score (nSPS) is 18.6. The first-order chi connectivity index (χ1) is 14.9. The van der Waals surface area contributed by atoms with Crippen molar-refractivity contribution in [2.45, 2.75) is 64.2 Å². The molecule has 1 aromatic heterocycles. The highest BCUT2D eigenvalue weighted by Gasteiger charge is 2.24. The minimum atomic E-state index is -0.180. The largest absolute Gasteiger partial charge is 0.496 e. The fraction of sp³-hybridized carbons (Fsp3) is 0.591. The highest BCUT2D eigenvalue weighted by Crippen LogP contribution is 2.35. The Bertz CT molecular complexity index is 875. The molecule has 9 heteroatoms. The average molecular weight is 432 g/mol. The first-order valence-corrected chi connectivity index (χ1v) is 10.7. The van der Waals surface area contributed by atoms with E-state index in [0.29, 0.717) is 29.8 Å². The summed E-state index contributed by atoms with van der Waals surface area (Å²) in [6.07, 6.45) is 5.76. The second-order valence-corrected chi connectivity index (χ2v) is 8.12. The summed E-state index contributed by atoms with van der Waals surface area (Å²) in [4.78, 5) is 12.1. The van der Waals surface area contributed by atoms with Gasteiger partial charge in [0.25, 0.3) is 5.91 Å². The van der Waals surface area contributed by atoms with Crippen LogP contribution in [-0.2, 0) is 6.54 Å². The third kappa shape index (κ3) is 5.66. The van der Waals surface area contributed by atoms with Crippen molar-refractivity contribution in [3.8, 4) is 17.2 Å². The number of ether oxygens (including phenoxy) is 3. The Balaban J connectivity index is 1.54. The summed E-state index contributed by atoms with van der Waals surface area (Å²) in [7, 11) is 4.90. The number of methoxy groups -OCH3 is 3. The van der Waals surface area contributed by atoms with Crippen LogP contribution in [0, 0.1) is 0 Å². The van der Waals surface area contributed by atoms with Crippen molar-refractivity contribution in [1.82, 2.24) is 25.6 Å². The van der Waals surface area contributed by atoms with Crippen LogP contribution < -0.4 is 24.8 Å². The van der Waals surface area contributed by atoms with Crippen LogP contribution in [-0.4, -0.2) is 54.3 Å². The summed E-state index contributed by atoms with van der Waals surface area (Å²) < 4.78 is 18.1. The lowest BCUT2D eigenvalue weighted by Gasteiger charge is -2.29. The highest BCUT2D eigenvalue weighted by atomic mass is 16.5. The molecule has 0 atom stereocenters. The van der Waals surface area contributed by atoms with E-state index in [2.05, 4.69) is 20.9 Å². The fourth-order valence-electron chi connectivity index (χ4n) is 3.92. The Morgan fingerprint density at radius 1 is 1.06 bits per heavy atom. The van der Waals surface area contributed by atoms with Crippen molar-refractivity contribution in [3.05, 3.63) is 29.6 Å². The van der Waals surface area contributed by atoms with Crippen molar-refractivity contribution in [1.29, 1.82) is 0 Å². The number of hydrogen-bond acceptors (Lipinski definition) is 7. The summed E-state index contributed by atoms with van der Waals surface area (Å²) in [5.41, 5.74) is 1.40. The first-order valence-electron chi connectivity index (χ1n) is 10.7. The summed E-state index contributed by atoms with van der Waals surface area (Å²) in [5.74, 6) is 1.93. The third-order valence-electron chi connectivity index (χ3n) is 5.60. The Hall–Kier alpha value is -2.81. The van der Waals surface area contributed by atoms with Crippen LogP contribution in [0.1, 0.15) is 61.6 Å². The van der Waals surface area contributed by atoms with Gasteiger partial charge in [-0.3, -0.25) is 4.79 Å². The lowest BCUT2D eigenvalue weighted by molar-refractivity contribution is 0.0938. The number of rotatable bonds is 9. The maximum Gasteiger partial charge on any atom is 0.273 e. The number of benzene rings is 1. The molecular weight excluding hydrogens is 398 g/mol. The molecule has 0 radical (unpaired) electrons. The van der Waals surface area contributed by atoms with Gasteiger partial charge >= 0.3 is 0 Å². The number of carbonyl (C=O) groups excluding carboxylic acids is 1. The van der Waals surface area contributed by atoms with E-state index < -0.39 is 0 Å². The van der Waals surface area contributed by atoms with Gasteiger partial charge in [0.2, 0.25) is 0 Å². The van der Waals surface area contributed by atoms with Crippen molar-refractivity contribution in [2.24, 2.45) is 0 Å². The molecule has 9 nitrogen and oxygen atoms in total. The van der Waals surface area contributed by atoms with Crippen LogP contribution in [0.2, 0.25) is 0 Å². The fourth-order valence-corrected chi connectivity index (χ4v) is 3.92. The van der Waals surface area contributed by atoms with Gasteiger partial charge in [0, 0.05) is 30.3 Å². The topological polar surface area (TPSA) is 99.5 Å².